The monoisotopic (exact) mass is 424 g/mol. The minimum atomic E-state index is -0.972. The van der Waals surface area contributed by atoms with Crippen LogP contribution in [0.4, 0.5) is 4.39 Å². The van der Waals surface area contributed by atoms with Crippen molar-refractivity contribution in [2.75, 3.05) is 0 Å². The van der Waals surface area contributed by atoms with Gasteiger partial charge in [-0.25, -0.2) is 14.0 Å². The Kier molecular flexibility index (Phi) is 7.10. The first-order valence-corrected chi connectivity index (χ1v) is 10.7. The third-order valence-corrected chi connectivity index (χ3v) is 5.79. The lowest BCUT2D eigenvalue weighted by Gasteiger charge is -2.12. The maximum atomic E-state index is 13.9. The molecule has 1 aromatic heterocycles. The zero-order chi connectivity index (χ0) is 22.5. The Balaban J connectivity index is 1.99. The third kappa shape index (κ3) is 4.48. The Bertz CT molecular complexity index is 1110. The van der Waals surface area contributed by atoms with Gasteiger partial charge >= 0.3 is 11.7 Å². The van der Waals surface area contributed by atoms with Crippen LogP contribution in [0.15, 0.2) is 53.3 Å². The summed E-state index contributed by atoms with van der Waals surface area (Å²) in [7, 11) is 0. The van der Waals surface area contributed by atoms with Gasteiger partial charge in [0.1, 0.15) is 6.67 Å². The Morgan fingerprint density at radius 2 is 1.74 bits per heavy atom. The topological polar surface area (TPSA) is 64.2 Å². The van der Waals surface area contributed by atoms with E-state index in [1.165, 1.54) is 0 Å². The number of carboxylic acid groups (broad SMARTS) is 1. The molecule has 0 radical (unpaired) electrons. The number of halogens is 1. The van der Waals surface area contributed by atoms with Crippen LogP contribution in [-0.2, 0) is 19.6 Å². The molecule has 1 N–H and O–H groups in total. The predicted octanol–water partition coefficient (Wildman–Crippen LogP) is 5.46. The van der Waals surface area contributed by atoms with Crippen LogP contribution in [0.3, 0.4) is 0 Å². The number of hydrogen-bond acceptors (Lipinski definition) is 2. The van der Waals surface area contributed by atoms with Gasteiger partial charge in [0.25, 0.3) is 0 Å². The van der Waals surface area contributed by atoms with E-state index in [1.807, 2.05) is 51.1 Å². The average molecular weight is 425 g/mol. The lowest BCUT2D eigenvalue weighted by molar-refractivity contribution is 0.0697. The molecule has 0 aliphatic rings. The minimum absolute atomic E-state index is 0.0648. The molecule has 2 aromatic carbocycles. The SMILES string of the molecule is CCCc1c(CF)n(C(C)CC)c(=O)n1Cc1ccc(-c2ccccc2C(=O)O)cc1. The second kappa shape index (κ2) is 9.77. The normalized spacial score (nSPS) is 12.1. The van der Waals surface area contributed by atoms with Gasteiger partial charge in [0.15, 0.2) is 0 Å². The van der Waals surface area contributed by atoms with Crippen LogP contribution in [0.2, 0.25) is 0 Å². The number of hydrogen-bond donors (Lipinski definition) is 1. The highest BCUT2D eigenvalue weighted by molar-refractivity contribution is 5.95. The summed E-state index contributed by atoms with van der Waals surface area (Å²) in [5, 5.41) is 9.43. The molecule has 0 spiro atoms. The summed E-state index contributed by atoms with van der Waals surface area (Å²) in [4.78, 5) is 24.7. The Labute approximate surface area is 181 Å². The summed E-state index contributed by atoms with van der Waals surface area (Å²) in [6, 6.07) is 14.3. The number of nitrogens with zero attached hydrogens (tertiary/aromatic N) is 2. The van der Waals surface area contributed by atoms with E-state index < -0.39 is 12.6 Å². The van der Waals surface area contributed by atoms with Gasteiger partial charge in [0.05, 0.1) is 17.8 Å². The number of imidazole rings is 1. The highest BCUT2D eigenvalue weighted by Crippen LogP contribution is 2.25. The van der Waals surface area contributed by atoms with Crippen molar-refractivity contribution in [1.29, 1.82) is 0 Å². The molecule has 164 valence electrons. The van der Waals surface area contributed by atoms with Crippen LogP contribution < -0.4 is 5.69 Å². The maximum absolute atomic E-state index is 13.9. The van der Waals surface area contributed by atoms with E-state index in [4.69, 9.17) is 0 Å². The first-order chi connectivity index (χ1) is 14.9. The van der Waals surface area contributed by atoms with Gasteiger partial charge in [0, 0.05) is 11.7 Å². The molecule has 0 saturated carbocycles. The highest BCUT2D eigenvalue weighted by Gasteiger charge is 2.22. The summed E-state index contributed by atoms with van der Waals surface area (Å²) < 4.78 is 17.2. The van der Waals surface area contributed by atoms with Crippen molar-refractivity contribution in [1.82, 2.24) is 9.13 Å². The molecule has 31 heavy (non-hydrogen) atoms. The molecule has 0 fully saturated rings. The van der Waals surface area contributed by atoms with Gasteiger partial charge < -0.3 is 5.11 Å². The summed E-state index contributed by atoms with van der Waals surface area (Å²) in [6.07, 6.45) is 2.21. The number of aromatic nitrogens is 2. The number of rotatable bonds is 9. The Hall–Kier alpha value is -3.15. The third-order valence-electron chi connectivity index (χ3n) is 5.79. The van der Waals surface area contributed by atoms with Crippen molar-refractivity contribution in [3.05, 3.63) is 81.5 Å². The highest BCUT2D eigenvalue weighted by atomic mass is 19.1. The van der Waals surface area contributed by atoms with E-state index in [1.54, 1.807) is 27.3 Å². The van der Waals surface area contributed by atoms with Gasteiger partial charge in [-0.05, 0) is 42.5 Å². The lowest BCUT2D eigenvalue weighted by Crippen LogP contribution is -2.28. The number of benzene rings is 2. The largest absolute Gasteiger partial charge is 0.478 e. The van der Waals surface area contributed by atoms with Crippen molar-refractivity contribution < 1.29 is 14.3 Å². The molecule has 1 atom stereocenters. The first kappa shape index (κ1) is 22.5. The molecule has 1 unspecified atom stereocenters. The molecule has 3 aromatic rings. The predicted molar refractivity (Wildman–Crippen MR) is 120 cm³/mol. The number of alkyl halides is 1. The smallest absolute Gasteiger partial charge is 0.336 e. The van der Waals surface area contributed by atoms with Crippen molar-refractivity contribution in [2.24, 2.45) is 0 Å². The van der Waals surface area contributed by atoms with Gasteiger partial charge in [-0.15, -0.1) is 0 Å². The Morgan fingerprint density at radius 3 is 2.32 bits per heavy atom. The van der Waals surface area contributed by atoms with Crippen LogP contribution in [0.5, 0.6) is 0 Å². The molecule has 5 nitrogen and oxygen atoms in total. The fraction of sp³-hybridized carbons (Fsp3) is 0.360. The molecule has 3 rings (SSSR count). The fourth-order valence-electron chi connectivity index (χ4n) is 4.01. The van der Waals surface area contributed by atoms with Crippen molar-refractivity contribution in [3.8, 4) is 11.1 Å². The Morgan fingerprint density at radius 1 is 1.06 bits per heavy atom. The summed E-state index contributed by atoms with van der Waals surface area (Å²) in [6.45, 7) is 5.64. The summed E-state index contributed by atoms with van der Waals surface area (Å²) in [5.41, 5.74) is 3.66. The van der Waals surface area contributed by atoms with Crippen molar-refractivity contribution in [3.63, 3.8) is 0 Å². The summed E-state index contributed by atoms with van der Waals surface area (Å²) in [5.74, 6) is -0.972. The fourth-order valence-corrected chi connectivity index (χ4v) is 4.01. The molecule has 0 aliphatic carbocycles. The van der Waals surface area contributed by atoms with Crippen LogP contribution in [0, 0.1) is 0 Å². The number of aromatic carboxylic acids is 1. The minimum Gasteiger partial charge on any atom is -0.478 e. The van der Waals surface area contributed by atoms with Crippen LogP contribution in [0.1, 0.15) is 67.0 Å². The quantitative estimate of drug-likeness (QED) is 0.496. The zero-order valence-corrected chi connectivity index (χ0v) is 18.3. The molecule has 0 bridgehead atoms. The van der Waals surface area contributed by atoms with Crippen molar-refractivity contribution >= 4 is 5.97 Å². The number of carboxylic acids is 1. The van der Waals surface area contributed by atoms with Gasteiger partial charge in [0.2, 0.25) is 0 Å². The van der Waals surface area contributed by atoms with E-state index in [0.717, 1.165) is 29.7 Å². The molecule has 1 heterocycles. The van der Waals surface area contributed by atoms with Gasteiger partial charge in [-0.3, -0.25) is 9.13 Å². The lowest BCUT2D eigenvalue weighted by atomic mass is 9.99. The molecular formula is C25H29FN2O3. The van der Waals surface area contributed by atoms with E-state index in [-0.39, 0.29) is 17.3 Å². The first-order valence-electron chi connectivity index (χ1n) is 10.7. The molecular weight excluding hydrogens is 395 g/mol. The van der Waals surface area contributed by atoms with Crippen LogP contribution in [-0.4, -0.2) is 20.2 Å². The zero-order valence-electron chi connectivity index (χ0n) is 18.3. The van der Waals surface area contributed by atoms with E-state index in [2.05, 4.69) is 0 Å². The average Bonchev–Trinajstić information content (AvgIpc) is 3.04. The van der Waals surface area contributed by atoms with Crippen LogP contribution in [0.25, 0.3) is 11.1 Å². The molecule has 0 aliphatic heterocycles. The van der Waals surface area contributed by atoms with Crippen molar-refractivity contribution in [2.45, 2.75) is 59.3 Å². The molecule has 0 saturated heterocycles. The van der Waals surface area contributed by atoms with Crippen LogP contribution >= 0.6 is 0 Å². The maximum Gasteiger partial charge on any atom is 0.336 e. The van der Waals surface area contributed by atoms with E-state index >= 15 is 0 Å². The second-order valence-electron chi connectivity index (χ2n) is 7.82. The van der Waals surface area contributed by atoms with E-state index in [9.17, 15) is 19.1 Å². The van der Waals surface area contributed by atoms with Gasteiger partial charge in [-0.1, -0.05) is 62.7 Å². The standard InChI is InChI=1S/C25H29FN2O3/c1-4-8-22-23(15-26)28(17(3)5-2)25(31)27(22)16-18-11-13-19(14-12-18)20-9-6-7-10-21(20)24(29)30/h6-7,9-14,17H,4-5,8,15-16H2,1-3H3,(H,29,30). The number of carbonyl (C=O) groups is 1. The second-order valence-corrected chi connectivity index (χ2v) is 7.82. The van der Waals surface area contributed by atoms with E-state index in [0.29, 0.717) is 24.2 Å². The summed E-state index contributed by atoms with van der Waals surface area (Å²) >= 11 is 0. The molecule has 0 amide bonds. The van der Waals surface area contributed by atoms with Gasteiger partial charge in [-0.2, -0.15) is 0 Å². The molecule has 6 heteroatoms.